The number of nitro groups is 1. The first-order chi connectivity index (χ1) is 14.8. The molecule has 0 saturated heterocycles. The van der Waals surface area contributed by atoms with Crippen molar-refractivity contribution < 1.29 is 4.92 Å². The van der Waals surface area contributed by atoms with Crippen molar-refractivity contribution in [1.82, 2.24) is 9.97 Å². The summed E-state index contributed by atoms with van der Waals surface area (Å²) in [4.78, 5) is 22.0. The largest absolute Gasteiger partial charge is 0.270 e. The number of nitrogens with zero attached hydrogens (tertiary/aromatic N) is 4. The van der Waals surface area contributed by atoms with Gasteiger partial charge in [0.1, 0.15) is 11.2 Å². The second-order valence-corrected chi connectivity index (χ2v) is 9.89. The van der Waals surface area contributed by atoms with Gasteiger partial charge in [0.2, 0.25) is 0 Å². The quantitative estimate of drug-likeness (QED) is 0.291. The Morgan fingerprint density at radius 3 is 2.94 bits per heavy atom. The van der Waals surface area contributed by atoms with Gasteiger partial charge in [-0.2, -0.15) is 5.10 Å². The highest BCUT2D eigenvalue weighted by Gasteiger charge is 2.33. The minimum atomic E-state index is -0.399. The number of aromatic nitrogens is 2. The standard InChI is InChI=1S/C23H27N5O2S/c1-5-23(3,4)16-9-10-19-18(12-16)20-21(24-13-25-22(20)31-19)27-26-14(2)15-7-6-8-17(11-15)28(29)30/h6-8,11,13,16H,5,9-10,12H2,1-4H3,(H,24,25,27)/b26-14+/t16-/m1/s1. The Bertz CT molecular complexity index is 1170. The molecule has 2 aromatic heterocycles. The Morgan fingerprint density at radius 2 is 2.19 bits per heavy atom. The first-order valence-electron chi connectivity index (χ1n) is 10.6. The predicted octanol–water partition coefficient (Wildman–Crippen LogP) is 5.98. The Balaban J connectivity index is 1.66. The lowest BCUT2D eigenvalue weighted by Crippen LogP contribution is -2.28. The molecule has 0 amide bonds. The zero-order valence-corrected chi connectivity index (χ0v) is 19.1. The van der Waals surface area contributed by atoms with E-state index in [1.807, 2.05) is 13.0 Å². The number of aryl methyl sites for hydroxylation is 1. The molecule has 0 spiro atoms. The normalized spacial score (nSPS) is 16.9. The molecule has 7 nitrogen and oxygen atoms in total. The Morgan fingerprint density at radius 1 is 1.39 bits per heavy atom. The van der Waals surface area contributed by atoms with Crippen LogP contribution in [-0.2, 0) is 12.8 Å². The molecule has 3 aromatic rings. The smallest absolute Gasteiger partial charge is 0.260 e. The van der Waals surface area contributed by atoms with Crippen molar-refractivity contribution in [3.8, 4) is 0 Å². The molecule has 8 heteroatoms. The zero-order valence-electron chi connectivity index (χ0n) is 18.3. The maximum atomic E-state index is 11.1. The summed E-state index contributed by atoms with van der Waals surface area (Å²) in [6.07, 6.45) is 6.05. The number of hydrogen-bond acceptors (Lipinski definition) is 7. The SMILES string of the molecule is CCC(C)(C)[C@@H]1CCc2sc3ncnc(N/N=C(\C)c4cccc([N+](=O)[O-])c4)c3c2C1. The van der Waals surface area contributed by atoms with Crippen LogP contribution in [-0.4, -0.2) is 20.6 Å². The summed E-state index contributed by atoms with van der Waals surface area (Å²) in [5, 5.41) is 16.6. The number of nitrogens with one attached hydrogen (secondary N) is 1. The van der Waals surface area contributed by atoms with Gasteiger partial charge in [-0.3, -0.25) is 15.5 Å². The van der Waals surface area contributed by atoms with Crippen molar-refractivity contribution in [2.75, 3.05) is 5.43 Å². The van der Waals surface area contributed by atoms with Gasteiger partial charge in [0.25, 0.3) is 5.69 Å². The summed E-state index contributed by atoms with van der Waals surface area (Å²) in [5.74, 6) is 1.33. The van der Waals surface area contributed by atoms with Crippen molar-refractivity contribution in [1.29, 1.82) is 0 Å². The molecule has 1 aliphatic rings. The second-order valence-electron chi connectivity index (χ2n) is 8.80. The minimum absolute atomic E-state index is 0.0490. The molecule has 31 heavy (non-hydrogen) atoms. The first kappa shape index (κ1) is 21.4. The fourth-order valence-electron chi connectivity index (χ4n) is 4.19. The Hall–Kier alpha value is -2.87. The topological polar surface area (TPSA) is 93.3 Å². The first-order valence-corrected chi connectivity index (χ1v) is 11.4. The van der Waals surface area contributed by atoms with Crippen molar-refractivity contribution in [2.24, 2.45) is 16.4 Å². The van der Waals surface area contributed by atoms with Crippen LogP contribution in [0.2, 0.25) is 0 Å². The highest BCUT2D eigenvalue weighted by atomic mass is 32.1. The summed E-state index contributed by atoms with van der Waals surface area (Å²) in [7, 11) is 0. The van der Waals surface area contributed by atoms with Crippen molar-refractivity contribution >= 4 is 38.8 Å². The van der Waals surface area contributed by atoms with Gasteiger partial charge < -0.3 is 0 Å². The van der Waals surface area contributed by atoms with E-state index in [2.05, 4.69) is 41.3 Å². The van der Waals surface area contributed by atoms with Gasteiger partial charge in [0, 0.05) is 22.6 Å². The molecule has 4 rings (SSSR count). The number of thiophene rings is 1. The third-order valence-electron chi connectivity index (χ3n) is 6.66. The molecule has 0 radical (unpaired) electrons. The Labute approximate surface area is 185 Å². The summed E-state index contributed by atoms with van der Waals surface area (Å²) in [6.45, 7) is 8.81. The van der Waals surface area contributed by atoms with E-state index in [1.54, 1.807) is 23.7 Å². The van der Waals surface area contributed by atoms with Crippen LogP contribution in [0.4, 0.5) is 11.5 Å². The molecule has 0 saturated carbocycles. The molecular weight excluding hydrogens is 410 g/mol. The van der Waals surface area contributed by atoms with Crippen LogP contribution in [0.25, 0.3) is 10.2 Å². The molecule has 0 aliphatic heterocycles. The fourth-order valence-corrected chi connectivity index (χ4v) is 5.38. The second kappa shape index (κ2) is 8.34. The third kappa shape index (κ3) is 4.17. The van der Waals surface area contributed by atoms with Gasteiger partial charge in [-0.15, -0.1) is 11.3 Å². The number of benzene rings is 1. The van der Waals surface area contributed by atoms with Crippen LogP contribution in [0.1, 0.15) is 56.5 Å². The maximum Gasteiger partial charge on any atom is 0.270 e. The summed E-state index contributed by atoms with van der Waals surface area (Å²) >= 11 is 1.76. The molecule has 1 aliphatic carbocycles. The van der Waals surface area contributed by atoms with E-state index in [-0.39, 0.29) is 5.69 Å². The van der Waals surface area contributed by atoms with E-state index in [1.165, 1.54) is 29.0 Å². The molecule has 0 fully saturated rings. The average molecular weight is 438 g/mol. The molecule has 2 heterocycles. The molecule has 1 atom stereocenters. The van der Waals surface area contributed by atoms with E-state index < -0.39 is 4.92 Å². The lowest BCUT2D eigenvalue weighted by Gasteiger charge is -2.36. The predicted molar refractivity (Wildman–Crippen MR) is 126 cm³/mol. The van der Waals surface area contributed by atoms with Crippen LogP contribution < -0.4 is 5.43 Å². The van der Waals surface area contributed by atoms with Crippen LogP contribution in [0.3, 0.4) is 0 Å². The number of anilines is 1. The van der Waals surface area contributed by atoms with Gasteiger partial charge in [0.15, 0.2) is 5.82 Å². The van der Waals surface area contributed by atoms with E-state index in [0.717, 1.165) is 29.5 Å². The average Bonchev–Trinajstić information content (AvgIpc) is 3.16. The molecular formula is C23H27N5O2S. The van der Waals surface area contributed by atoms with E-state index in [9.17, 15) is 10.1 Å². The van der Waals surface area contributed by atoms with Crippen LogP contribution >= 0.6 is 11.3 Å². The van der Waals surface area contributed by atoms with Gasteiger partial charge in [-0.05, 0) is 43.1 Å². The van der Waals surface area contributed by atoms with Gasteiger partial charge in [-0.25, -0.2) is 9.97 Å². The molecule has 162 valence electrons. The highest BCUT2D eigenvalue weighted by Crippen LogP contribution is 2.45. The molecule has 0 bridgehead atoms. The van der Waals surface area contributed by atoms with E-state index in [0.29, 0.717) is 28.4 Å². The Kier molecular flexibility index (Phi) is 5.75. The zero-order chi connectivity index (χ0) is 22.2. The van der Waals surface area contributed by atoms with Crippen LogP contribution in [0, 0.1) is 21.4 Å². The number of nitro benzene ring substituents is 1. The van der Waals surface area contributed by atoms with Crippen LogP contribution in [0.5, 0.6) is 0 Å². The van der Waals surface area contributed by atoms with Crippen molar-refractivity contribution in [2.45, 2.75) is 53.4 Å². The summed E-state index contributed by atoms with van der Waals surface area (Å²) in [5.41, 5.74) is 6.16. The molecule has 1 N–H and O–H groups in total. The molecule has 0 unspecified atom stereocenters. The summed E-state index contributed by atoms with van der Waals surface area (Å²) < 4.78 is 0. The summed E-state index contributed by atoms with van der Waals surface area (Å²) in [6, 6.07) is 6.48. The van der Waals surface area contributed by atoms with E-state index >= 15 is 0 Å². The minimum Gasteiger partial charge on any atom is -0.260 e. The number of fused-ring (bicyclic) bond motifs is 3. The molecule has 1 aromatic carbocycles. The fraction of sp³-hybridized carbons (Fsp3) is 0.435. The van der Waals surface area contributed by atoms with Gasteiger partial charge in [0.05, 0.1) is 16.0 Å². The van der Waals surface area contributed by atoms with E-state index in [4.69, 9.17) is 0 Å². The monoisotopic (exact) mass is 437 g/mol. The van der Waals surface area contributed by atoms with Crippen molar-refractivity contribution in [3.05, 3.63) is 56.7 Å². The third-order valence-corrected chi connectivity index (χ3v) is 7.86. The highest BCUT2D eigenvalue weighted by molar-refractivity contribution is 7.19. The lowest BCUT2D eigenvalue weighted by atomic mass is 9.69. The number of rotatable bonds is 6. The number of hydrazone groups is 1. The van der Waals surface area contributed by atoms with Gasteiger partial charge >= 0.3 is 0 Å². The van der Waals surface area contributed by atoms with Gasteiger partial charge in [-0.1, -0.05) is 39.3 Å². The van der Waals surface area contributed by atoms with Crippen molar-refractivity contribution in [3.63, 3.8) is 0 Å². The maximum absolute atomic E-state index is 11.1. The number of hydrogen-bond donors (Lipinski definition) is 1. The number of non-ortho nitro benzene ring substituents is 1. The lowest BCUT2D eigenvalue weighted by molar-refractivity contribution is -0.384. The van der Waals surface area contributed by atoms with Crippen LogP contribution in [0.15, 0.2) is 35.7 Å².